The number of nitrogens with zero attached hydrogens (tertiary/aromatic N) is 2. The highest BCUT2D eigenvalue weighted by Gasteiger charge is 2.58. The second kappa shape index (κ2) is 7.71. The van der Waals surface area contributed by atoms with Crippen LogP contribution in [-0.4, -0.2) is 31.4 Å². The Bertz CT molecular complexity index is 1030. The first-order chi connectivity index (χ1) is 15.8. The lowest BCUT2D eigenvalue weighted by atomic mass is 9.49. The van der Waals surface area contributed by atoms with Crippen LogP contribution in [0.25, 0.3) is 5.65 Å². The van der Waals surface area contributed by atoms with E-state index in [0.717, 1.165) is 66.0 Å². The van der Waals surface area contributed by atoms with Crippen LogP contribution in [0.4, 0.5) is 5.82 Å². The van der Waals surface area contributed by atoms with E-state index >= 15 is 0 Å². The normalized spacial score (nSPS) is 43.5. The highest BCUT2D eigenvalue weighted by atomic mass is 16.3. The van der Waals surface area contributed by atoms with Gasteiger partial charge in [-0.2, -0.15) is 0 Å². The molecule has 0 aliphatic heterocycles. The Morgan fingerprint density at radius 2 is 1.85 bits per heavy atom. The van der Waals surface area contributed by atoms with Crippen LogP contribution in [0.2, 0.25) is 0 Å². The minimum atomic E-state index is -0.545. The summed E-state index contributed by atoms with van der Waals surface area (Å²) in [4.78, 5) is 4.67. The highest BCUT2D eigenvalue weighted by Crippen LogP contribution is 2.65. The van der Waals surface area contributed by atoms with E-state index in [1.807, 2.05) is 31.3 Å². The number of hydrogen-bond donors (Lipinski definition) is 3. The van der Waals surface area contributed by atoms with Crippen LogP contribution >= 0.6 is 0 Å². The number of pyridine rings is 1. The second-order valence-electron chi connectivity index (χ2n) is 12.5. The van der Waals surface area contributed by atoms with Gasteiger partial charge in [-0.25, -0.2) is 4.98 Å². The zero-order valence-corrected chi connectivity index (χ0v) is 20.5. The predicted molar refractivity (Wildman–Crippen MR) is 131 cm³/mol. The van der Waals surface area contributed by atoms with E-state index < -0.39 is 11.8 Å². The first-order valence-corrected chi connectivity index (χ1v) is 13.4. The maximum absolute atomic E-state index is 11.5. The number of fused-ring (bicyclic) bond motifs is 6. The van der Waals surface area contributed by atoms with Gasteiger partial charge in [0.25, 0.3) is 0 Å². The van der Waals surface area contributed by atoms with E-state index in [1.54, 1.807) is 0 Å². The molecular formula is C28H41N3O2. The van der Waals surface area contributed by atoms with E-state index in [1.165, 1.54) is 38.5 Å². The lowest BCUT2D eigenvalue weighted by molar-refractivity contribution is -0.106. The number of hydrogen-bond acceptors (Lipinski definition) is 4. The largest absolute Gasteiger partial charge is 0.390 e. The van der Waals surface area contributed by atoms with Crippen molar-refractivity contribution in [3.05, 3.63) is 30.1 Å². The molecule has 2 heterocycles. The average molecular weight is 452 g/mol. The van der Waals surface area contributed by atoms with Crippen molar-refractivity contribution in [2.75, 3.05) is 5.32 Å². The number of aliphatic hydroxyl groups excluding tert-OH is 1. The van der Waals surface area contributed by atoms with Gasteiger partial charge in [-0.3, -0.25) is 4.40 Å². The lowest BCUT2D eigenvalue weighted by Gasteiger charge is -2.57. The van der Waals surface area contributed by atoms with Crippen molar-refractivity contribution in [1.82, 2.24) is 9.38 Å². The molecule has 0 spiro atoms. The molecule has 33 heavy (non-hydrogen) atoms. The molecular weight excluding hydrogens is 410 g/mol. The van der Waals surface area contributed by atoms with E-state index in [4.69, 9.17) is 0 Å². The van der Waals surface area contributed by atoms with Gasteiger partial charge in [0.05, 0.1) is 11.3 Å². The van der Waals surface area contributed by atoms with Crippen molar-refractivity contribution in [3.8, 4) is 0 Å². The molecule has 0 amide bonds. The van der Waals surface area contributed by atoms with Crippen molar-refractivity contribution in [2.24, 2.45) is 40.9 Å². The number of nitrogens with one attached hydrogen (secondary N) is 1. The Kier molecular flexibility index (Phi) is 5.12. The molecule has 4 aliphatic rings. The summed E-state index contributed by atoms with van der Waals surface area (Å²) in [6.45, 7) is 6.55. The summed E-state index contributed by atoms with van der Waals surface area (Å²) in [7, 11) is 0. The van der Waals surface area contributed by atoms with E-state index in [2.05, 4.69) is 28.5 Å². The molecule has 0 bridgehead atoms. The van der Waals surface area contributed by atoms with Gasteiger partial charge in [0.2, 0.25) is 0 Å². The van der Waals surface area contributed by atoms with E-state index in [9.17, 15) is 10.2 Å². The number of imidazole rings is 1. The van der Waals surface area contributed by atoms with Crippen molar-refractivity contribution >= 4 is 11.5 Å². The molecule has 2 aromatic heterocycles. The average Bonchev–Trinajstić information content (AvgIpc) is 3.29. The number of aryl methyl sites for hydroxylation is 1. The maximum atomic E-state index is 11.5. The number of rotatable bonds is 3. The van der Waals surface area contributed by atoms with Crippen LogP contribution in [0.5, 0.6) is 0 Å². The summed E-state index contributed by atoms with van der Waals surface area (Å²) in [6, 6.07) is 6.03. The molecule has 6 rings (SSSR count). The number of anilines is 1. The molecule has 5 nitrogen and oxygen atoms in total. The van der Waals surface area contributed by atoms with Crippen molar-refractivity contribution in [3.63, 3.8) is 0 Å². The van der Waals surface area contributed by atoms with Crippen LogP contribution in [-0.2, 0) is 0 Å². The molecule has 3 N–H and O–H groups in total. The third-order valence-electron chi connectivity index (χ3n) is 10.7. The van der Waals surface area contributed by atoms with Crippen LogP contribution in [0, 0.1) is 47.8 Å². The van der Waals surface area contributed by atoms with Crippen LogP contribution in [0.3, 0.4) is 0 Å². The zero-order valence-electron chi connectivity index (χ0n) is 20.5. The molecule has 4 fully saturated rings. The number of aliphatic hydroxyl groups is 2. The highest BCUT2D eigenvalue weighted by molar-refractivity contribution is 5.55. The SMILES string of the molecule is Cc1nc2ccccn2c1NC(O)[C@H]1CC[C@H]2C3CCC4C[C@](C)(O)CCC4[C@H]3CCC12C. The van der Waals surface area contributed by atoms with Gasteiger partial charge in [0.15, 0.2) is 0 Å². The van der Waals surface area contributed by atoms with Crippen LogP contribution < -0.4 is 5.32 Å². The second-order valence-corrected chi connectivity index (χ2v) is 12.5. The monoisotopic (exact) mass is 451 g/mol. The fourth-order valence-electron chi connectivity index (χ4n) is 9.17. The maximum Gasteiger partial charge on any atom is 0.138 e. The van der Waals surface area contributed by atoms with Gasteiger partial charge < -0.3 is 15.5 Å². The van der Waals surface area contributed by atoms with Gasteiger partial charge >= 0.3 is 0 Å². The van der Waals surface area contributed by atoms with Gasteiger partial charge in [-0.1, -0.05) is 13.0 Å². The predicted octanol–water partition coefficient (Wildman–Crippen LogP) is 5.39. The minimum Gasteiger partial charge on any atom is -0.390 e. The quantitative estimate of drug-likeness (QED) is 0.547. The summed E-state index contributed by atoms with van der Waals surface area (Å²) < 4.78 is 2.06. The van der Waals surface area contributed by atoms with Crippen molar-refractivity contribution < 1.29 is 10.2 Å². The summed E-state index contributed by atoms with van der Waals surface area (Å²) in [5.41, 5.74) is 1.62. The Hall–Kier alpha value is -1.59. The molecule has 5 unspecified atom stereocenters. The van der Waals surface area contributed by atoms with E-state index in [0.29, 0.717) is 0 Å². The standard InChI is InChI=1S/C28H41N3O2/c1-17-25(31-15-5-4-6-24(31)29-17)30-26(32)23-10-9-22-21-8-7-18-16-27(2,33)13-11-19(18)20(21)12-14-28(22,23)3/h4-6,15,18-23,26,30,32-33H,7-14,16H2,1-3H3/t18?,19?,20-,21?,22+,23-,26?,27-,28?/m1/s1. The number of aromatic nitrogens is 2. The Labute approximate surface area is 198 Å². The van der Waals surface area contributed by atoms with Crippen LogP contribution in [0.1, 0.15) is 77.3 Å². The first kappa shape index (κ1) is 21.9. The molecule has 0 saturated heterocycles. The molecule has 0 aromatic carbocycles. The van der Waals surface area contributed by atoms with Gasteiger partial charge in [0.1, 0.15) is 17.7 Å². The molecule has 4 aliphatic carbocycles. The Morgan fingerprint density at radius 3 is 2.70 bits per heavy atom. The first-order valence-electron chi connectivity index (χ1n) is 13.4. The van der Waals surface area contributed by atoms with Gasteiger partial charge in [-0.05, 0) is 119 Å². The fraction of sp³-hybridized carbons (Fsp3) is 0.750. The topological polar surface area (TPSA) is 69.8 Å². The van der Waals surface area contributed by atoms with E-state index in [-0.39, 0.29) is 11.3 Å². The molecule has 180 valence electrons. The fourth-order valence-corrected chi connectivity index (χ4v) is 9.17. The molecule has 5 heteroatoms. The lowest BCUT2D eigenvalue weighted by Crippen LogP contribution is -2.51. The zero-order chi connectivity index (χ0) is 23.0. The molecule has 0 radical (unpaired) electrons. The van der Waals surface area contributed by atoms with Crippen molar-refractivity contribution in [1.29, 1.82) is 0 Å². The summed E-state index contributed by atoms with van der Waals surface area (Å²) >= 11 is 0. The minimum absolute atomic E-state index is 0.203. The summed E-state index contributed by atoms with van der Waals surface area (Å²) in [5, 5.41) is 25.6. The molecule has 2 aromatic rings. The summed E-state index contributed by atoms with van der Waals surface area (Å²) in [5.74, 6) is 5.11. The Morgan fingerprint density at radius 1 is 1.03 bits per heavy atom. The van der Waals surface area contributed by atoms with Gasteiger partial charge in [-0.15, -0.1) is 0 Å². The summed E-state index contributed by atoms with van der Waals surface area (Å²) in [6.07, 6.45) is 12.2. The van der Waals surface area contributed by atoms with Gasteiger partial charge in [0, 0.05) is 12.1 Å². The van der Waals surface area contributed by atoms with Crippen LogP contribution in [0.15, 0.2) is 24.4 Å². The third-order valence-corrected chi connectivity index (χ3v) is 10.7. The molecule has 4 saturated carbocycles. The van der Waals surface area contributed by atoms with Crippen molar-refractivity contribution in [2.45, 2.75) is 90.4 Å². The molecule has 9 atom stereocenters. The smallest absolute Gasteiger partial charge is 0.138 e. The third kappa shape index (κ3) is 3.44. The Balaban J connectivity index is 1.21.